The van der Waals surface area contributed by atoms with Gasteiger partial charge < -0.3 is 9.67 Å². The van der Waals surface area contributed by atoms with Gasteiger partial charge in [-0.2, -0.15) is 0 Å². The maximum absolute atomic E-state index is 13.7. The minimum absolute atomic E-state index is 0.0162. The lowest BCUT2D eigenvalue weighted by molar-refractivity contribution is -0.136. The molecule has 0 saturated carbocycles. The number of fused-ring (bicyclic) bond motifs is 2. The molecule has 0 radical (unpaired) electrons. The van der Waals surface area contributed by atoms with Gasteiger partial charge in [0.15, 0.2) is 0 Å². The Labute approximate surface area is 143 Å². The van der Waals surface area contributed by atoms with Gasteiger partial charge in [0.2, 0.25) is 0 Å². The number of benzene rings is 3. The Kier molecular flexibility index (Phi) is 3.73. The molecule has 124 valence electrons. The Bertz CT molecular complexity index is 1100. The summed E-state index contributed by atoms with van der Waals surface area (Å²) >= 11 is 0. The molecule has 1 N–H and O–H groups in total. The number of hydrogen-bond donors (Lipinski definition) is 1. The van der Waals surface area contributed by atoms with E-state index in [-0.39, 0.29) is 12.2 Å². The van der Waals surface area contributed by atoms with Crippen LogP contribution in [0.2, 0.25) is 0 Å². The molecule has 0 bridgehead atoms. The van der Waals surface area contributed by atoms with Gasteiger partial charge in [-0.05, 0) is 40.1 Å². The Hall–Kier alpha value is -3.14. The number of halogens is 1. The maximum atomic E-state index is 13.7. The second-order valence-corrected chi connectivity index (χ2v) is 6.15. The summed E-state index contributed by atoms with van der Waals surface area (Å²) in [6, 6.07) is 18.4. The number of rotatable bonds is 4. The second kappa shape index (κ2) is 6.06. The first kappa shape index (κ1) is 15.4. The van der Waals surface area contributed by atoms with Gasteiger partial charge in [-0.1, -0.05) is 42.5 Å². The van der Waals surface area contributed by atoms with Gasteiger partial charge in [0.1, 0.15) is 5.82 Å². The van der Waals surface area contributed by atoms with Crippen LogP contribution in [0.15, 0.2) is 66.9 Å². The van der Waals surface area contributed by atoms with Gasteiger partial charge in [-0.3, -0.25) is 4.79 Å². The summed E-state index contributed by atoms with van der Waals surface area (Å²) in [5.41, 5.74) is 2.77. The summed E-state index contributed by atoms with van der Waals surface area (Å²) in [7, 11) is 0. The molecular weight excluding hydrogens is 317 g/mol. The SMILES string of the molecule is O=C(O)Cc1cn(Cc2cccc3ccc(F)cc23)c2ccccc12. The molecule has 4 rings (SSSR count). The van der Waals surface area contributed by atoms with Crippen LogP contribution in [0, 0.1) is 5.82 Å². The molecule has 0 atom stereocenters. The highest BCUT2D eigenvalue weighted by Gasteiger charge is 2.12. The van der Waals surface area contributed by atoms with E-state index in [1.165, 1.54) is 6.07 Å². The molecule has 25 heavy (non-hydrogen) atoms. The molecule has 4 aromatic rings. The van der Waals surface area contributed by atoms with Gasteiger partial charge in [0, 0.05) is 23.6 Å². The third kappa shape index (κ3) is 2.87. The fourth-order valence-electron chi connectivity index (χ4n) is 3.39. The van der Waals surface area contributed by atoms with Crippen molar-refractivity contribution in [2.75, 3.05) is 0 Å². The van der Waals surface area contributed by atoms with E-state index in [1.54, 1.807) is 12.1 Å². The van der Waals surface area contributed by atoms with Crippen molar-refractivity contribution in [1.29, 1.82) is 0 Å². The highest BCUT2D eigenvalue weighted by molar-refractivity contribution is 5.89. The highest BCUT2D eigenvalue weighted by Crippen LogP contribution is 2.26. The quantitative estimate of drug-likeness (QED) is 0.592. The number of carboxylic acids is 1. The minimum Gasteiger partial charge on any atom is -0.481 e. The first-order chi connectivity index (χ1) is 12.1. The number of para-hydroxylation sites is 1. The van der Waals surface area contributed by atoms with Crippen molar-refractivity contribution in [1.82, 2.24) is 4.57 Å². The molecule has 3 aromatic carbocycles. The predicted octanol–water partition coefficient (Wildman–Crippen LogP) is 4.61. The first-order valence-corrected chi connectivity index (χ1v) is 8.07. The zero-order valence-corrected chi connectivity index (χ0v) is 13.4. The Morgan fingerprint density at radius 1 is 0.960 bits per heavy atom. The van der Waals surface area contributed by atoms with Crippen molar-refractivity contribution >= 4 is 27.6 Å². The Balaban J connectivity index is 1.84. The molecule has 1 aromatic heterocycles. The molecule has 0 unspecified atom stereocenters. The van der Waals surface area contributed by atoms with Crippen LogP contribution in [0.3, 0.4) is 0 Å². The summed E-state index contributed by atoms with van der Waals surface area (Å²) in [6.45, 7) is 0.556. The normalized spacial score (nSPS) is 11.2. The summed E-state index contributed by atoms with van der Waals surface area (Å²) in [5, 5.41) is 11.9. The van der Waals surface area contributed by atoms with Crippen molar-refractivity contribution in [3.8, 4) is 0 Å². The average Bonchev–Trinajstić information content (AvgIpc) is 2.93. The van der Waals surface area contributed by atoms with Crippen LogP contribution in [0.4, 0.5) is 4.39 Å². The van der Waals surface area contributed by atoms with Crippen molar-refractivity contribution in [3.63, 3.8) is 0 Å². The third-order valence-corrected chi connectivity index (χ3v) is 4.49. The third-order valence-electron chi connectivity index (χ3n) is 4.49. The minimum atomic E-state index is -0.852. The number of hydrogen-bond acceptors (Lipinski definition) is 1. The molecular formula is C21H16FNO2. The number of aliphatic carboxylic acids is 1. The van der Waals surface area contributed by atoms with E-state index in [9.17, 15) is 9.18 Å². The molecule has 0 aliphatic carbocycles. The largest absolute Gasteiger partial charge is 0.481 e. The van der Waals surface area contributed by atoms with Crippen LogP contribution < -0.4 is 0 Å². The molecule has 1 heterocycles. The van der Waals surface area contributed by atoms with Crippen LogP contribution in [0.5, 0.6) is 0 Å². The van der Waals surface area contributed by atoms with Crippen molar-refractivity contribution in [2.45, 2.75) is 13.0 Å². The molecule has 3 nitrogen and oxygen atoms in total. The lowest BCUT2D eigenvalue weighted by Gasteiger charge is -2.09. The fraction of sp³-hybridized carbons (Fsp3) is 0.0952. The molecule has 4 heteroatoms. The fourth-order valence-corrected chi connectivity index (χ4v) is 3.39. The van der Waals surface area contributed by atoms with E-state index in [1.807, 2.05) is 53.2 Å². The summed E-state index contributed by atoms with van der Waals surface area (Å²) in [6.07, 6.45) is 1.87. The number of carbonyl (C=O) groups is 1. The van der Waals surface area contributed by atoms with Crippen molar-refractivity contribution in [2.24, 2.45) is 0 Å². The van der Waals surface area contributed by atoms with Gasteiger partial charge in [0.05, 0.1) is 6.42 Å². The Morgan fingerprint density at radius 2 is 1.80 bits per heavy atom. The van der Waals surface area contributed by atoms with E-state index in [0.29, 0.717) is 6.54 Å². The standard InChI is InChI=1S/C21H16FNO2/c22-17-9-8-14-4-3-5-15(19(14)11-17)12-23-13-16(10-21(24)25)18-6-1-2-7-20(18)23/h1-9,11,13H,10,12H2,(H,24,25). The zero-order valence-electron chi connectivity index (χ0n) is 13.4. The van der Waals surface area contributed by atoms with E-state index >= 15 is 0 Å². The molecule has 0 saturated heterocycles. The lowest BCUT2D eigenvalue weighted by atomic mass is 10.0. The molecule has 0 spiro atoms. The van der Waals surface area contributed by atoms with Crippen LogP contribution in [0.25, 0.3) is 21.7 Å². The van der Waals surface area contributed by atoms with Gasteiger partial charge >= 0.3 is 5.97 Å². The first-order valence-electron chi connectivity index (χ1n) is 8.07. The van der Waals surface area contributed by atoms with E-state index in [0.717, 1.165) is 32.8 Å². The predicted molar refractivity (Wildman–Crippen MR) is 96.3 cm³/mol. The van der Waals surface area contributed by atoms with Crippen LogP contribution in [-0.2, 0) is 17.8 Å². The molecule has 0 amide bonds. The number of carboxylic acid groups (broad SMARTS) is 1. The van der Waals surface area contributed by atoms with E-state index in [2.05, 4.69) is 0 Å². The summed E-state index contributed by atoms with van der Waals surface area (Å²) in [5.74, 6) is -1.11. The van der Waals surface area contributed by atoms with E-state index in [4.69, 9.17) is 5.11 Å². The highest BCUT2D eigenvalue weighted by atomic mass is 19.1. The second-order valence-electron chi connectivity index (χ2n) is 6.15. The summed E-state index contributed by atoms with van der Waals surface area (Å²) in [4.78, 5) is 11.1. The van der Waals surface area contributed by atoms with Gasteiger partial charge in [0.25, 0.3) is 0 Å². The van der Waals surface area contributed by atoms with Crippen molar-refractivity contribution in [3.05, 3.63) is 83.8 Å². The molecule has 0 aliphatic heterocycles. The topological polar surface area (TPSA) is 42.2 Å². The van der Waals surface area contributed by atoms with Crippen LogP contribution >= 0.6 is 0 Å². The van der Waals surface area contributed by atoms with Crippen LogP contribution in [0.1, 0.15) is 11.1 Å². The van der Waals surface area contributed by atoms with E-state index < -0.39 is 5.97 Å². The van der Waals surface area contributed by atoms with Crippen molar-refractivity contribution < 1.29 is 14.3 Å². The lowest BCUT2D eigenvalue weighted by Crippen LogP contribution is -2.00. The summed E-state index contributed by atoms with van der Waals surface area (Å²) < 4.78 is 15.7. The monoisotopic (exact) mass is 333 g/mol. The van der Waals surface area contributed by atoms with Gasteiger partial charge in [-0.15, -0.1) is 0 Å². The zero-order chi connectivity index (χ0) is 17.4. The average molecular weight is 333 g/mol. The Morgan fingerprint density at radius 3 is 2.64 bits per heavy atom. The number of aromatic nitrogens is 1. The number of nitrogens with zero attached hydrogens (tertiary/aromatic N) is 1. The molecule has 0 aliphatic rings. The van der Waals surface area contributed by atoms with Gasteiger partial charge in [-0.25, -0.2) is 4.39 Å². The van der Waals surface area contributed by atoms with Crippen LogP contribution in [-0.4, -0.2) is 15.6 Å². The smallest absolute Gasteiger partial charge is 0.307 e. The maximum Gasteiger partial charge on any atom is 0.307 e. The molecule has 0 fully saturated rings.